The van der Waals surface area contributed by atoms with Crippen molar-refractivity contribution >= 4 is 33.9 Å². The summed E-state index contributed by atoms with van der Waals surface area (Å²) in [6, 6.07) is 11.7. The highest BCUT2D eigenvalue weighted by atomic mass is 32.3. The summed E-state index contributed by atoms with van der Waals surface area (Å²) in [5.74, 6) is -0.0206. The van der Waals surface area contributed by atoms with Crippen LogP contribution in [-0.2, 0) is 26.8 Å². The quantitative estimate of drug-likeness (QED) is 0.309. The van der Waals surface area contributed by atoms with Gasteiger partial charge in [-0.05, 0) is 55.7 Å². The van der Waals surface area contributed by atoms with Crippen molar-refractivity contribution in [3.63, 3.8) is 0 Å². The smallest absolute Gasteiger partial charge is 0.224 e. The number of fused-ring (bicyclic) bond motifs is 8. The van der Waals surface area contributed by atoms with E-state index in [1.807, 2.05) is 6.07 Å². The number of nitrogens with two attached hydrogens (primary N) is 1. The standard InChI is InChI=1S/C33H40N4O5S/c1-32(2)23-15-19(16-29(38)35-12-11-34)5-7-25(23)36-13-9-27-21(30(32)36)18-22-28(42-27)10-14-37-26-8-6-20(43(39,40)41)17-24(26)33(3,4)31(22)37/h5-8,15,17-18,27-28H,9-14,16,34H2,1-4H3,(H3-,35,38,39,40,41)/p+1. The molecule has 6 N–H and O–H groups in total. The average Bonchev–Trinajstić information content (AvgIpc) is 3.33. The topological polar surface area (TPSA) is 131 Å². The van der Waals surface area contributed by atoms with Crippen LogP contribution in [0.25, 0.3) is 0 Å². The summed E-state index contributed by atoms with van der Waals surface area (Å²) in [6.45, 7) is 11.4. The van der Waals surface area contributed by atoms with Gasteiger partial charge in [-0.15, -0.1) is 0 Å². The Kier molecular flexibility index (Phi) is 6.52. The third-order valence-corrected chi connectivity index (χ3v) is 10.8. The monoisotopic (exact) mass is 605 g/mol. The van der Waals surface area contributed by atoms with Gasteiger partial charge in [0.15, 0.2) is 12.3 Å². The first-order valence-electron chi connectivity index (χ1n) is 15.1. The molecule has 0 fully saturated rings. The van der Waals surface area contributed by atoms with Crippen LogP contribution in [0.3, 0.4) is 0 Å². The number of amides is 1. The van der Waals surface area contributed by atoms with Crippen LogP contribution in [0.1, 0.15) is 57.2 Å². The van der Waals surface area contributed by atoms with Gasteiger partial charge in [-0.25, -0.2) is 0 Å². The van der Waals surface area contributed by atoms with Crippen molar-refractivity contribution in [3.8, 4) is 0 Å². The van der Waals surface area contributed by atoms with Gasteiger partial charge in [0.25, 0.3) is 0 Å². The summed E-state index contributed by atoms with van der Waals surface area (Å²) >= 11 is 0. The predicted octanol–water partition coefficient (Wildman–Crippen LogP) is 4.82. The van der Waals surface area contributed by atoms with Gasteiger partial charge >= 0.3 is 0 Å². The first kappa shape index (κ1) is 28.8. The molecular weight excluding hydrogens is 564 g/mol. The minimum atomic E-state index is -3.82. The summed E-state index contributed by atoms with van der Waals surface area (Å²) in [5, 5.41) is 2.87. The summed E-state index contributed by atoms with van der Waals surface area (Å²) in [6.07, 6.45) is 4.48. The molecule has 228 valence electrons. The van der Waals surface area contributed by atoms with Crippen LogP contribution >= 0.6 is 10.9 Å². The number of allylic oxidation sites excluding steroid dienone is 1. The number of nitrogens with zero attached hydrogens (tertiary/aromatic N) is 2. The molecule has 7 rings (SSSR count). The zero-order valence-electron chi connectivity index (χ0n) is 25.2. The molecule has 10 heteroatoms. The largest absolute Gasteiger partial charge is 0.365 e. The van der Waals surface area contributed by atoms with Gasteiger partial charge in [0.1, 0.15) is 10.9 Å². The Bertz CT molecular complexity index is 1650. The molecule has 0 bridgehead atoms. The molecule has 43 heavy (non-hydrogen) atoms. The Labute approximate surface area is 254 Å². The Morgan fingerprint density at radius 2 is 1.86 bits per heavy atom. The van der Waals surface area contributed by atoms with E-state index < -0.39 is 16.3 Å². The summed E-state index contributed by atoms with van der Waals surface area (Å²) in [4.78, 5) is 15.0. The van der Waals surface area contributed by atoms with Gasteiger partial charge < -0.3 is 34.3 Å². The third-order valence-electron chi connectivity index (χ3n) is 9.94. The van der Waals surface area contributed by atoms with E-state index in [2.05, 4.69) is 66.8 Å². The van der Waals surface area contributed by atoms with E-state index >= 15 is 0 Å². The van der Waals surface area contributed by atoms with E-state index in [-0.39, 0.29) is 28.4 Å². The fourth-order valence-electron chi connectivity index (χ4n) is 8.06. The molecule has 0 saturated heterocycles. The normalized spacial score (nSPS) is 24.8. The van der Waals surface area contributed by atoms with Crippen molar-refractivity contribution in [2.75, 3.05) is 31.1 Å². The third kappa shape index (κ3) is 4.34. The van der Waals surface area contributed by atoms with Crippen molar-refractivity contribution in [1.29, 1.82) is 0 Å². The SMILES string of the molecule is CC1(C)C2=C3C=C4C5=[N+](CCC4OC3CCN2c2ccc(CC(=O)NCCN)cc21)c1ccc(S(O)(O)O)cc1C5(C)C. The van der Waals surface area contributed by atoms with Crippen molar-refractivity contribution < 1.29 is 27.8 Å². The van der Waals surface area contributed by atoms with Crippen LogP contribution < -0.4 is 16.0 Å². The molecule has 5 heterocycles. The van der Waals surface area contributed by atoms with Crippen LogP contribution in [0.15, 0.2) is 64.2 Å². The zero-order valence-corrected chi connectivity index (χ0v) is 26.0. The van der Waals surface area contributed by atoms with Crippen LogP contribution in [0, 0.1) is 0 Å². The molecule has 9 nitrogen and oxygen atoms in total. The lowest BCUT2D eigenvalue weighted by Crippen LogP contribution is -2.47. The maximum absolute atomic E-state index is 12.4. The number of rotatable bonds is 5. The van der Waals surface area contributed by atoms with Crippen LogP contribution in [-0.4, -0.2) is 68.2 Å². The number of nitrogens with one attached hydrogen (secondary N) is 1. The highest BCUT2D eigenvalue weighted by Crippen LogP contribution is 2.55. The molecular formula is C33H41N4O5S+. The van der Waals surface area contributed by atoms with Gasteiger partial charge in [0, 0.05) is 65.6 Å². The van der Waals surface area contributed by atoms with Crippen molar-refractivity contribution in [2.45, 2.75) is 74.9 Å². The molecule has 2 aromatic rings. The zero-order chi connectivity index (χ0) is 30.5. The lowest BCUT2D eigenvalue weighted by molar-refractivity contribution is -0.445. The van der Waals surface area contributed by atoms with Gasteiger partial charge in [-0.2, -0.15) is 4.58 Å². The summed E-state index contributed by atoms with van der Waals surface area (Å²) < 4.78 is 39.2. The molecule has 2 unspecified atom stereocenters. The fourth-order valence-corrected chi connectivity index (χ4v) is 8.59. The number of benzene rings is 2. The van der Waals surface area contributed by atoms with Gasteiger partial charge in [-0.1, -0.05) is 26.0 Å². The number of anilines is 1. The maximum atomic E-state index is 12.4. The molecule has 0 radical (unpaired) electrons. The lowest BCUT2D eigenvalue weighted by Gasteiger charge is -2.42. The molecule has 5 aliphatic rings. The van der Waals surface area contributed by atoms with E-state index in [9.17, 15) is 18.5 Å². The lowest BCUT2D eigenvalue weighted by atomic mass is 9.74. The fraction of sp³-hybridized carbons (Fsp3) is 0.455. The molecule has 0 aromatic heterocycles. The van der Waals surface area contributed by atoms with E-state index in [1.165, 1.54) is 33.8 Å². The molecule has 0 saturated carbocycles. The second kappa shape index (κ2) is 9.76. The van der Waals surface area contributed by atoms with Crippen molar-refractivity contribution in [3.05, 3.63) is 76.0 Å². The number of carbonyl (C=O) groups excluding carboxylic acids is 1. The highest BCUT2D eigenvalue weighted by Gasteiger charge is 2.54. The van der Waals surface area contributed by atoms with Gasteiger partial charge in [0.2, 0.25) is 11.6 Å². The molecule has 0 spiro atoms. The number of hydrogen-bond donors (Lipinski definition) is 5. The second-order valence-corrected chi connectivity index (χ2v) is 14.9. The second-order valence-electron chi connectivity index (χ2n) is 13.4. The first-order chi connectivity index (χ1) is 20.3. The van der Waals surface area contributed by atoms with Gasteiger partial charge in [-0.3, -0.25) is 4.79 Å². The molecule has 2 aromatic carbocycles. The molecule has 5 aliphatic heterocycles. The average molecular weight is 606 g/mol. The molecule has 0 aliphatic carbocycles. The van der Waals surface area contributed by atoms with E-state index in [0.29, 0.717) is 19.5 Å². The van der Waals surface area contributed by atoms with E-state index in [1.54, 1.807) is 12.1 Å². The predicted molar refractivity (Wildman–Crippen MR) is 169 cm³/mol. The molecule has 2 atom stereocenters. The summed E-state index contributed by atoms with van der Waals surface area (Å²) in [7, 11) is -3.82. The van der Waals surface area contributed by atoms with Gasteiger partial charge in [0.05, 0.1) is 28.9 Å². The number of hydrogen-bond acceptors (Lipinski definition) is 7. The van der Waals surface area contributed by atoms with Crippen LogP contribution in [0.5, 0.6) is 0 Å². The maximum Gasteiger partial charge on any atom is 0.224 e. The van der Waals surface area contributed by atoms with Crippen LogP contribution in [0.2, 0.25) is 0 Å². The van der Waals surface area contributed by atoms with E-state index in [4.69, 9.17) is 10.5 Å². The van der Waals surface area contributed by atoms with Crippen molar-refractivity contribution in [1.82, 2.24) is 5.32 Å². The minimum absolute atomic E-state index is 0.0102. The Hall–Kier alpha value is -2.99. The minimum Gasteiger partial charge on any atom is -0.365 e. The Morgan fingerprint density at radius 3 is 2.60 bits per heavy atom. The first-order valence-corrected chi connectivity index (χ1v) is 16.6. The van der Waals surface area contributed by atoms with Crippen molar-refractivity contribution in [2.24, 2.45) is 5.73 Å². The Balaban J connectivity index is 1.31. The summed E-state index contributed by atoms with van der Waals surface area (Å²) in [5.41, 5.74) is 15.1. The number of carbonyl (C=O) groups is 1. The Morgan fingerprint density at radius 1 is 1.07 bits per heavy atom. The molecule has 1 amide bonds. The van der Waals surface area contributed by atoms with Crippen LogP contribution in [0.4, 0.5) is 11.4 Å². The number of ether oxygens (including phenoxy) is 1. The highest BCUT2D eigenvalue weighted by molar-refractivity contribution is 8.19. The van der Waals surface area contributed by atoms with E-state index in [0.717, 1.165) is 42.7 Å².